The van der Waals surface area contributed by atoms with Crippen LogP contribution in [0.2, 0.25) is 0 Å². The molecule has 0 spiro atoms. The Morgan fingerprint density at radius 1 is 1.15 bits per heavy atom. The third kappa shape index (κ3) is 8.11. The molecule has 0 saturated carbocycles. The van der Waals surface area contributed by atoms with Gasteiger partial charge in [-0.2, -0.15) is 0 Å². The topological polar surface area (TPSA) is 125 Å². The Morgan fingerprint density at radius 3 is 2.23 bits per heavy atom. The van der Waals surface area contributed by atoms with Gasteiger partial charge in [-0.15, -0.1) is 0 Å². The van der Waals surface area contributed by atoms with Crippen molar-refractivity contribution in [3.05, 3.63) is 34.3 Å². The number of amides is 2. The van der Waals surface area contributed by atoms with E-state index in [1.165, 1.54) is 0 Å². The molecule has 2 amide bonds. The van der Waals surface area contributed by atoms with Crippen LogP contribution in [0.3, 0.4) is 0 Å². The summed E-state index contributed by atoms with van der Waals surface area (Å²) < 4.78 is 10.7. The summed E-state index contributed by atoms with van der Waals surface area (Å²) in [6.45, 7) is 4.40. The fraction of sp³-hybridized carbons (Fsp3) is 0.412. The van der Waals surface area contributed by atoms with Crippen molar-refractivity contribution in [1.29, 1.82) is 0 Å². The minimum atomic E-state index is -1.35. The first kappa shape index (κ1) is 21.6. The Kier molecular flexibility index (Phi) is 7.76. The summed E-state index contributed by atoms with van der Waals surface area (Å²) in [5.74, 6) is -2.21. The molecule has 0 bridgehead atoms. The second-order valence-corrected chi connectivity index (χ2v) is 7.32. The SMILES string of the molecule is CC(C)(C)OC(=O)N[C@@H](CC(N)=O)C(=O)OCC(=O)c1ccc(Br)cc1. The van der Waals surface area contributed by atoms with Gasteiger partial charge in [-0.1, -0.05) is 28.1 Å². The predicted molar refractivity (Wildman–Crippen MR) is 96.4 cm³/mol. The number of rotatable bonds is 7. The Balaban J connectivity index is 2.67. The number of esters is 1. The first-order valence-corrected chi connectivity index (χ1v) is 8.50. The molecule has 0 saturated heterocycles. The first-order valence-electron chi connectivity index (χ1n) is 7.71. The van der Waals surface area contributed by atoms with Crippen LogP contribution < -0.4 is 11.1 Å². The van der Waals surface area contributed by atoms with Gasteiger partial charge in [-0.25, -0.2) is 9.59 Å². The number of ketones is 1. The Labute approximate surface area is 159 Å². The zero-order valence-corrected chi connectivity index (χ0v) is 16.3. The molecule has 1 aromatic carbocycles. The van der Waals surface area contributed by atoms with Crippen molar-refractivity contribution in [3.8, 4) is 0 Å². The van der Waals surface area contributed by atoms with Crippen molar-refractivity contribution in [3.63, 3.8) is 0 Å². The van der Waals surface area contributed by atoms with Gasteiger partial charge >= 0.3 is 12.1 Å². The van der Waals surface area contributed by atoms with E-state index in [1.54, 1.807) is 45.0 Å². The zero-order valence-electron chi connectivity index (χ0n) is 14.7. The van der Waals surface area contributed by atoms with Gasteiger partial charge in [0.1, 0.15) is 11.6 Å². The maximum Gasteiger partial charge on any atom is 0.408 e. The van der Waals surface area contributed by atoms with Gasteiger partial charge in [-0.05, 0) is 32.9 Å². The molecule has 0 unspecified atom stereocenters. The molecule has 1 rings (SSSR count). The van der Waals surface area contributed by atoms with Crippen molar-refractivity contribution in [2.75, 3.05) is 6.61 Å². The highest BCUT2D eigenvalue weighted by Gasteiger charge is 2.27. The van der Waals surface area contributed by atoms with Gasteiger partial charge in [0.05, 0.1) is 6.42 Å². The molecular weight excluding hydrogens is 408 g/mol. The number of halogens is 1. The average molecular weight is 429 g/mol. The quantitative estimate of drug-likeness (QED) is 0.504. The molecule has 0 aromatic heterocycles. The number of hydrogen-bond acceptors (Lipinski definition) is 6. The normalized spacial score (nSPS) is 12.0. The van der Waals surface area contributed by atoms with E-state index in [4.69, 9.17) is 15.2 Å². The van der Waals surface area contributed by atoms with Crippen LogP contribution in [0.5, 0.6) is 0 Å². The van der Waals surface area contributed by atoms with Crippen molar-refractivity contribution in [2.45, 2.75) is 38.8 Å². The average Bonchev–Trinajstić information content (AvgIpc) is 2.50. The molecule has 0 aliphatic heterocycles. The summed E-state index contributed by atoms with van der Waals surface area (Å²) in [4.78, 5) is 47.0. The van der Waals surface area contributed by atoms with Crippen LogP contribution in [-0.2, 0) is 19.1 Å². The van der Waals surface area contributed by atoms with Crippen LogP contribution in [0.4, 0.5) is 4.79 Å². The number of benzene rings is 1. The number of ether oxygens (including phenoxy) is 2. The molecule has 1 atom stereocenters. The van der Waals surface area contributed by atoms with E-state index in [1.807, 2.05) is 0 Å². The van der Waals surface area contributed by atoms with Gasteiger partial charge in [-0.3, -0.25) is 9.59 Å². The summed E-state index contributed by atoms with van der Waals surface area (Å²) in [7, 11) is 0. The second-order valence-electron chi connectivity index (χ2n) is 6.41. The molecule has 9 heteroatoms. The number of hydrogen-bond donors (Lipinski definition) is 2. The van der Waals surface area contributed by atoms with E-state index in [-0.39, 0.29) is 0 Å². The highest BCUT2D eigenvalue weighted by molar-refractivity contribution is 9.10. The number of nitrogens with two attached hydrogens (primary N) is 1. The molecule has 0 aliphatic carbocycles. The number of carbonyl (C=O) groups is 4. The second kappa shape index (κ2) is 9.33. The van der Waals surface area contributed by atoms with Gasteiger partial charge < -0.3 is 20.5 Å². The van der Waals surface area contributed by atoms with Crippen LogP contribution in [0.25, 0.3) is 0 Å². The van der Waals surface area contributed by atoms with Crippen molar-refractivity contribution < 1.29 is 28.7 Å². The third-order valence-corrected chi connectivity index (χ3v) is 3.42. The number of carbonyl (C=O) groups excluding carboxylic acids is 4. The molecule has 0 aliphatic rings. The molecule has 0 fully saturated rings. The number of Topliss-reactive ketones (excluding diaryl/α,β-unsaturated/α-hetero) is 1. The molecule has 1 aromatic rings. The van der Waals surface area contributed by atoms with Crippen LogP contribution >= 0.6 is 15.9 Å². The van der Waals surface area contributed by atoms with Crippen LogP contribution in [0.15, 0.2) is 28.7 Å². The molecule has 142 valence electrons. The summed E-state index contributed by atoms with van der Waals surface area (Å²) in [5, 5.41) is 2.22. The molecule has 8 nitrogen and oxygen atoms in total. The van der Waals surface area contributed by atoms with Gasteiger partial charge in [0.2, 0.25) is 5.91 Å². The number of nitrogens with one attached hydrogen (secondary N) is 1. The van der Waals surface area contributed by atoms with Crippen LogP contribution in [0.1, 0.15) is 37.6 Å². The number of alkyl carbamates (subject to hydrolysis) is 1. The fourth-order valence-electron chi connectivity index (χ4n) is 1.80. The number of primary amides is 1. The van der Waals surface area contributed by atoms with E-state index >= 15 is 0 Å². The van der Waals surface area contributed by atoms with Crippen LogP contribution in [0, 0.1) is 0 Å². The monoisotopic (exact) mass is 428 g/mol. The molecule has 0 heterocycles. The maximum atomic E-state index is 12.1. The van der Waals surface area contributed by atoms with Crippen molar-refractivity contribution in [2.24, 2.45) is 5.73 Å². The first-order chi connectivity index (χ1) is 12.0. The third-order valence-electron chi connectivity index (χ3n) is 2.89. The van der Waals surface area contributed by atoms with Gasteiger partial charge in [0, 0.05) is 10.0 Å². The maximum absolute atomic E-state index is 12.1. The van der Waals surface area contributed by atoms with E-state index in [0.29, 0.717) is 5.56 Å². The molecule has 0 radical (unpaired) electrons. The highest BCUT2D eigenvalue weighted by atomic mass is 79.9. The largest absolute Gasteiger partial charge is 0.456 e. The lowest BCUT2D eigenvalue weighted by Gasteiger charge is -2.22. The lowest BCUT2D eigenvalue weighted by molar-refractivity contribution is -0.146. The Bertz CT molecular complexity index is 681. The van der Waals surface area contributed by atoms with Gasteiger partial charge in [0.25, 0.3) is 0 Å². The zero-order chi connectivity index (χ0) is 19.9. The smallest absolute Gasteiger partial charge is 0.408 e. The highest BCUT2D eigenvalue weighted by Crippen LogP contribution is 2.11. The molecular formula is C17H21BrN2O6. The van der Waals surface area contributed by atoms with E-state index in [9.17, 15) is 19.2 Å². The predicted octanol–water partition coefficient (Wildman–Crippen LogP) is 1.94. The van der Waals surface area contributed by atoms with Crippen molar-refractivity contribution >= 4 is 39.7 Å². The summed E-state index contributed by atoms with van der Waals surface area (Å²) >= 11 is 3.25. The lowest BCUT2D eigenvalue weighted by Crippen LogP contribution is -2.46. The minimum Gasteiger partial charge on any atom is -0.456 e. The Morgan fingerprint density at radius 2 is 1.73 bits per heavy atom. The van der Waals surface area contributed by atoms with Gasteiger partial charge in [0.15, 0.2) is 12.4 Å². The minimum absolute atomic E-state index is 0.354. The van der Waals surface area contributed by atoms with E-state index in [0.717, 1.165) is 4.47 Å². The molecule has 3 N–H and O–H groups in total. The lowest BCUT2D eigenvalue weighted by atomic mass is 10.1. The van der Waals surface area contributed by atoms with Crippen molar-refractivity contribution in [1.82, 2.24) is 5.32 Å². The summed E-state index contributed by atoms with van der Waals surface area (Å²) in [5.41, 5.74) is 4.65. The van der Waals surface area contributed by atoms with Crippen LogP contribution in [-0.4, -0.2) is 42.0 Å². The van der Waals surface area contributed by atoms with E-state index in [2.05, 4.69) is 21.2 Å². The van der Waals surface area contributed by atoms with E-state index < -0.39 is 48.4 Å². The summed E-state index contributed by atoms with van der Waals surface area (Å²) in [6.07, 6.45) is -1.38. The molecule has 26 heavy (non-hydrogen) atoms. The fourth-order valence-corrected chi connectivity index (χ4v) is 2.07. The summed E-state index contributed by atoms with van der Waals surface area (Å²) in [6, 6.07) is 5.14. The standard InChI is InChI=1S/C17H21BrN2O6/c1-17(2,3)26-16(24)20-12(8-14(19)22)15(23)25-9-13(21)10-4-6-11(18)7-5-10/h4-7,12H,8-9H2,1-3H3,(H2,19,22)(H,20,24)/t12-/m0/s1. The Hall–Kier alpha value is -2.42.